The predicted octanol–water partition coefficient (Wildman–Crippen LogP) is 6.83. The SMILES string of the molecule is CC(O)c1c(C(F)(F)F)c(C(F)(F)F)c(C(F)(F)F)c(C(F)(F)F)c1C(F)(F)F. The van der Waals surface area contributed by atoms with Gasteiger partial charge in [0.1, 0.15) is 0 Å². The van der Waals surface area contributed by atoms with Crippen LogP contribution >= 0.6 is 0 Å². The molecule has 0 fully saturated rings. The van der Waals surface area contributed by atoms with Gasteiger partial charge in [0.2, 0.25) is 0 Å². The van der Waals surface area contributed by atoms with Gasteiger partial charge in [0.05, 0.1) is 33.9 Å². The van der Waals surface area contributed by atoms with E-state index < -0.39 is 70.4 Å². The molecule has 0 saturated heterocycles. The molecule has 1 nitrogen and oxygen atoms in total. The van der Waals surface area contributed by atoms with Crippen LogP contribution in [0.15, 0.2) is 0 Å². The van der Waals surface area contributed by atoms with Crippen molar-refractivity contribution in [3.63, 3.8) is 0 Å². The van der Waals surface area contributed by atoms with Crippen LogP contribution < -0.4 is 0 Å². The van der Waals surface area contributed by atoms with Crippen molar-refractivity contribution in [3.8, 4) is 0 Å². The minimum atomic E-state index is -6.94. The fourth-order valence-corrected chi connectivity index (χ4v) is 2.63. The number of alkyl halides is 15. The van der Waals surface area contributed by atoms with Gasteiger partial charge in [-0.3, -0.25) is 0 Å². The quantitative estimate of drug-likeness (QED) is 0.454. The predicted molar refractivity (Wildman–Crippen MR) is 62.1 cm³/mol. The molecular weight excluding hydrogens is 457 g/mol. The monoisotopic (exact) mass is 462 g/mol. The maximum atomic E-state index is 13.1. The molecule has 0 aliphatic heterocycles. The second-order valence-corrected chi connectivity index (χ2v) is 5.45. The summed E-state index contributed by atoms with van der Waals surface area (Å²) < 4.78 is 196. The molecule has 0 aliphatic carbocycles. The van der Waals surface area contributed by atoms with Crippen LogP contribution in [0.5, 0.6) is 0 Å². The van der Waals surface area contributed by atoms with Gasteiger partial charge in [-0.25, -0.2) is 0 Å². The molecule has 0 radical (unpaired) electrons. The summed E-state index contributed by atoms with van der Waals surface area (Å²) in [6.45, 7) is -0.0621. The van der Waals surface area contributed by atoms with Crippen LogP contribution in [-0.2, 0) is 30.9 Å². The lowest BCUT2D eigenvalue weighted by Gasteiger charge is -2.31. The Morgan fingerprint density at radius 1 is 0.448 bits per heavy atom. The molecule has 0 spiro atoms. The average Bonchev–Trinajstić information content (AvgIpc) is 2.38. The summed E-state index contributed by atoms with van der Waals surface area (Å²) >= 11 is 0. The summed E-state index contributed by atoms with van der Waals surface area (Å²) in [7, 11) is 0. The van der Waals surface area contributed by atoms with Crippen molar-refractivity contribution in [2.75, 3.05) is 0 Å². The van der Waals surface area contributed by atoms with Crippen LogP contribution in [0.3, 0.4) is 0 Å². The molecular formula is C13H5F15O. The zero-order valence-corrected chi connectivity index (χ0v) is 13.2. The molecule has 0 aliphatic rings. The Hall–Kier alpha value is -1.87. The minimum absolute atomic E-state index is 0.0621. The molecule has 1 aromatic carbocycles. The molecule has 168 valence electrons. The topological polar surface area (TPSA) is 20.2 Å². The Morgan fingerprint density at radius 2 is 0.621 bits per heavy atom. The highest BCUT2D eigenvalue weighted by Gasteiger charge is 2.60. The largest absolute Gasteiger partial charge is 0.417 e. The third-order valence-corrected chi connectivity index (χ3v) is 3.37. The van der Waals surface area contributed by atoms with Gasteiger partial charge in [0, 0.05) is 5.56 Å². The molecule has 29 heavy (non-hydrogen) atoms. The van der Waals surface area contributed by atoms with E-state index in [1.165, 1.54) is 0 Å². The van der Waals surface area contributed by atoms with E-state index in [4.69, 9.17) is 0 Å². The van der Waals surface area contributed by atoms with Crippen molar-refractivity contribution in [1.82, 2.24) is 0 Å². The second kappa shape index (κ2) is 6.84. The molecule has 1 aromatic rings. The summed E-state index contributed by atoms with van der Waals surface area (Å²) in [6, 6.07) is 0. The third kappa shape index (κ3) is 4.83. The van der Waals surface area contributed by atoms with Crippen molar-refractivity contribution >= 4 is 0 Å². The number of halogens is 15. The molecule has 1 atom stereocenters. The van der Waals surface area contributed by atoms with Crippen LogP contribution in [0.25, 0.3) is 0 Å². The molecule has 0 saturated carbocycles. The van der Waals surface area contributed by atoms with Gasteiger partial charge in [-0.2, -0.15) is 65.9 Å². The summed E-state index contributed by atoms with van der Waals surface area (Å²) in [5.41, 5.74) is -22.7. The highest BCUT2D eigenvalue weighted by molar-refractivity contribution is 5.58. The first-order valence-corrected chi connectivity index (χ1v) is 6.71. The van der Waals surface area contributed by atoms with E-state index in [1.807, 2.05) is 0 Å². The Labute approximate surface area is 149 Å². The first-order chi connectivity index (χ1) is 12.4. The molecule has 1 unspecified atom stereocenters. The number of aliphatic hydroxyl groups is 1. The van der Waals surface area contributed by atoms with Crippen LogP contribution in [0, 0.1) is 0 Å². The smallest absolute Gasteiger partial charge is 0.389 e. The van der Waals surface area contributed by atoms with Crippen LogP contribution in [0.4, 0.5) is 65.9 Å². The van der Waals surface area contributed by atoms with Gasteiger partial charge in [0.15, 0.2) is 0 Å². The maximum absolute atomic E-state index is 13.1. The average molecular weight is 462 g/mol. The third-order valence-electron chi connectivity index (χ3n) is 3.37. The van der Waals surface area contributed by atoms with E-state index >= 15 is 0 Å². The molecule has 0 amide bonds. The standard InChI is InChI=1S/C13H5F15O/c1-2(29)3-4(9(14,15)16)6(11(20,21)22)8(13(26,27)28)7(12(23,24)25)5(3)10(17,18)19/h2,29H,1H3. The zero-order valence-electron chi connectivity index (χ0n) is 13.2. The van der Waals surface area contributed by atoms with Gasteiger partial charge in [-0.05, 0) is 6.92 Å². The highest BCUT2D eigenvalue weighted by atomic mass is 19.4. The van der Waals surface area contributed by atoms with E-state index in [0.29, 0.717) is 0 Å². The molecule has 0 bridgehead atoms. The second-order valence-electron chi connectivity index (χ2n) is 5.45. The van der Waals surface area contributed by atoms with Gasteiger partial charge in [-0.1, -0.05) is 0 Å². The Balaban J connectivity index is 4.76. The highest BCUT2D eigenvalue weighted by Crippen LogP contribution is 2.57. The number of hydrogen-bond acceptors (Lipinski definition) is 1. The number of benzene rings is 1. The lowest BCUT2D eigenvalue weighted by atomic mass is 9.82. The Kier molecular flexibility index (Phi) is 5.93. The maximum Gasteiger partial charge on any atom is 0.417 e. The van der Waals surface area contributed by atoms with Crippen LogP contribution in [0.2, 0.25) is 0 Å². The van der Waals surface area contributed by atoms with Gasteiger partial charge in [-0.15, -0.1) is 0 Å². The molecule has 16 heteroatoms. The molecule has 0 aromatic heterocycles. The summed E-state index contributed by atoms with van der Waals surface area (Å²) in [4.78, 5) is 0. The van der Waals surface area contributed by atoms with Gasteiger partial charge < -0.3 is 5.11 Å². The van der Waals surface area contributed by atoms with E-state index in [9.17, 15) is 71.0 Å². The van der Waals surface area contributed by atoms with Gasteiger partial charge in [0.25, 0.3) is 0 Å². The number of rotatable bonds is 1. The fourth-order valence-electron chi connectivity index (χ4n) is 2.63. The molecule has 1 rings (SSSR count). The summed E-state index contributed by atoms with van der Waals surface area (Å²) in [6.07, 6.45) is -37.2. The van der Waals surface area contributed by atoms with Crippen molar-refractivity contribution in [3.05, 3.63) is 33.4 Å². The molecule has 0 heterocycles. The summed E-state index contributed by atoms with van der Waals surface area (Å²) in [5, 5.41) is 9.17. The van der Waals surface area contributed by atoms with E-state index in [1.54, 1.807) is 0 Å². The minimum Gasteiger partial charge on any atom is -0.389 e. The van der Waals surface area contributed by atoms with Crippen molar-refractivity contribution < 1.29 is 71.0 Å². The lowest BCUT2D eigenvalue weighted by molar-refractivity contribution is -0.190. The number of aliphatic hydroxyl groups excluding tert-OH is 1. The zero-order chi connectivity index (χ0) is 23.5. The van der Waals surface area contributed by atoms with E-state index in [0.717, 1.165) is 0 Å². The Morgan fingerprint density at radius 3 is 0.759 bits per heavy atom. The first-order valence-electron chi connectivity index (χ1n) is 6.71. The van der Waals surface area contributed by atoms with Crippen molar-refractivity contribution in [2.24, 2.45) is 0 Å². The van der Waals surface area contributed by atoms with Crippen LogP contribution in [-0.4, -0.2) is 5.11 Å². The van der Waals surface area contributed by atoms with Gasteiger partial charge >= 0.3 is 30.9 Å². The van der Waals surface area contributed by atoms with E-state index in [2.05, 4.69) is 0 Å². The van der Waals surface area contributed by atoms with Crippen molar-refractivity contribution in [2.45, 2.75) is 43.9 Å². The Bertz CT molecular complexity index is 717. The normalized spacial score (nSPS) is 15.6. The fraction of sp³-hybridized carbons (Fsp3) is 0.538. The molecule has 1 N–H and O–H groups in total. The first kappa shape index (κ1) is 25.2. The number of hydrogen-bond donors (Lipinski definition) is 1. The van der Waals surface area contributed by atoms with Crippen LogP contribution in [0.1, 0.15) is 46.4 Å². The lowest BCUT2D eigenvalue weighted by Crippen LogP contribution is -2.33. The van der Waals surface area contributed by atoms with E-state index in [-0.39, 0.29) is 6.92 Å². The summed E-state index contributed by atoms with van der Waals surface area (Å²) in [5.74, 6) is 0. The van der Waals surface area contributed by atoms with Crippen molar-refractivity contribution in [1.29, 1.82) is 0 Å².